The van der Waals surface area contributed by atoms with E-state index in [0.29, 0.717) is 16.6 Å². The Morgan fingerprint density at radius 3 is 2.63 bits per heavy atom. The van der Waals surface area contributed by atoms with E-state index in [0.717, 1.165) is 18.2 Å². The van der Waals surface area contributed by atoms with Crippen LogP contribution in [0.25, 0.3) is 11.0 Å². The Hall–Kier alpha value is -2.56. The smallest absolute Gasteiger partial charge is 0.195 e. The molecule has 94 valence electrons. The molecule has 0 spiro atoms. The maximum Gasteiger partial charge on any atom is 0.195 e. The first-order valence-electron chi connectivity index (χ1n) is 5.58. The third kappa shape index (κ3) is 1.99. The average Bonchev–Trinajstić information content (AvgIpc) is 2.80. The summed E-state index contributed by atoms with van der Waals surface area (Å²) in [7, 11) is 0. The Kier molecular flexibility index (Phi) is 2.59. The molecule has 3 aromatic rings. The van der Waals surface area contributed by atoms with Gasteiger partial charge in [0, 0.05) is 35.0 Å². The van der Waals surface area contributed by atoms with E-state index < -0.39 is 17.4 Å². The number of hydrogen-bond acceptors (Lipinski definition) is 2. The fourth-order valence-electron chi connectivity index (χ4n) is 1.98. The van der Waals surface area contributed by atoms with E-state index in [1.165, 1.54) is 6.20 Å². The Balaban J connectivity index is 2.13. The van der Waals surface area contributed by atoms with Gasteiger partial charge in [-0.15, -0.1) is 0 Å². The molecule has 2 aromatic heterocycles. The second-order valence-corrected chi connectivity index (χ2v) is 4.09. The van der Waals surface area contributed by atoms with E-state index in [1.54, 1.807) is 18.3 Å². The summed E-state index contributed by atoms with van der Waals surface area (Å²) in [4.78, 5) is 19.2. The summed E-state index contributed by atoms with van der Waals surface area (Å²) < 4.78 is 26.3. The summed E-state index contributed by atoms with van der Waals surface area (Å²) in [6.07, 6.45) is 3.08. The van der Waals surface area contributed by atoms with Gasteiger partial charge < -0.3 is 4.98 Å². The predicted octanol–water partition coefficient (Wildman–Crippen LogP) is 3.07. The summed E-state index contributed by atoms with van der Waals surface area (Å²) in [5, 5.41) is 0.622. The number of carbonyl (C=O) groups excluding carboxylic acids is 1. The van der Waals surface area contributed by atoms with Gasteiger partial charge in [-0.25, -0.2) is 13.8 Å². The Labute approximate surface area is 106 Å². The van der Waals surface area contributed by atoms with Crippen molar-refractivity contribution < 1.29 is 13.6 Å². The number of pyridine rings is 1. The van der Waals surface area contributed by atoms with Crippen LogP contribution in [0.15, 0.2) is 42.7 Å². The highest BCUT2D eigenvalue weighted by Gasteiger charge is 2.16. The monoisotopic (exact) mass is 258 g/mol. The van der Waals surface area contributed by atoms with E-state index in [1.807, 2.05) is 0 Å². The van der Waals surface area contributed by atoms with Gasteiger partial charge >= 0.3 is 0 Å². The van der Waals surface area contributed by atoms with Crippen molar-refractivity contribution in [3.63, 3.8) is 0 Å². The highest BCUT2D eigenvalue weighted by Crippen LogP contribution is 2.20. The maximum absolute atomic E-state index is 13.1. The number of aromatic nitrogens is 2. The molecule has 0 saturated heterocycles. The fraction of sp³-hybridized carbons (Fsp3) is 0. The van der Waals surface area contributed by atoms with Crippen LogP contribution in [0, 0.1) is 11.6 Å². The zero-order valence-corrected chi connectivity index (χ0v) is 9.65. The number of carbonyl (C=O) groups is 1. The molecule has 0 radical (unpaired) electrons. The molecule has 0 saturated carbocycles. The summed E-state index contributed by atoms with van der Waals surface area (Å²) in [6, 6.07) is 6.18. The molecule has 1 N–H and O–H groups in total. The summed E-state index contributed by atoms with van der Waals surface area (Å²) in [5.74, 6) is -2.00. The fourth-order valence-corrected chi connectivity index (χ4v) is 1.98. The molecule has 0 amide bonds. The van der Waals surface area contributed by atoms with Crippen molar-refractivity contribution in [2.45, 2.75) is 0 Å². The highest BCUT2D eigenvalue weighted by atomic mass is 19.1. The second kappa shape index (κ2) is 4.28. The van der Waals surface area contributed by atoms with Crippen molar-refractivity contribution in [2.75, 3.05) is 0 Å². The SMILES string of the molecule is O=C(c1cc(F)cc(F)c1)c1c[nH]c2ncccc12. The molecular formula is C14H8F2N2O. The summed E-state index contributed by atoms with van der Waals surface area (Å²) >= 11 is 0. The van der Waals surface area contributed by atoms with Crippen molar-refractivity contribution in [3.05, 3.63) is 65.5 Å². The van der Waals surface area contributed by atoms with Crippen LogP contribution in [0.5, 0.6) is 0 Å². The molecule has 5 heteroatoms. The van der Waals surface area contributed by atoms with E-state index in [-0.39, 0.29) is 5.56 Å². The minimum atomic E-state index is -0.777. The lowest BCUT2D eigenvalue weighted by Crippen LogP contribution is -2.02. The molecule has 3 nitrogen and oxygen atoms in total. The van der Waals surface area contributed by atoms with E-state index in [9.17, 15) is 13.6 Å². The maximum atomic E-state index is 13.1. The quantitative estimate of drug-likeness (QED) is 0.718. The molecule has 0 aliphatic heterocycles. The third-order valence-corrected chi connectivity index (χ3v) is 2.82. The van der Waals surface area contributed by atoms with Gasteiger partial charge in [0.15, 0.2) is 5.78 Å². The van der Waals surface area contributed by atoms with E-state index >= 15 is 0 Å². The number of nitrogens with zero attached hydrogens (tertiary/aromatic N) is 1. The molecule has 0 atom stereocenters. The van der Waals surface area contributed by atoms with E-state index in [2.05, 4.69) is 9.97 Å². The highest BCUT2D eigenvalue weighted by molar-refractivity contribution is 6.15. The Bertz CT molecular complexity index is 760. The van der Waals surface area contributed by atoms with Crippen molar-refractivity contribution in [1.82, 2.24) is 9.97 Å². The first-order chi connectivity index (χ1) is 9.15. The zero-order valence-electron chi connectivity index (χ0n) is 9.65. The number of nitrogens with one attached hydrogen (secondary N) is 1. The predicted molar refractivity (Wildman–Crippen MR) is 65.9 cm³/mol. The van der Waals surface area contributed by atoms with Gasteiger partial charge in [0.25, 0.3) is 0 Å². The minimum absolute atomic E-state index is 0.0257. The first kappa shape index (κ1) is 11.5. The number of ketones is 1. The number of hydrogen-bond donors (Lipinski definition) is 1. The normalized spacial score (nSPS) is 10.8. The van der Waals surface area contributed by atoms with Crippen LogP contribution in [0.4, 0.5) is 8.78 Å². The van der Waals surface area contributed by atoms with Crippen molar-refractivity contribution in [2.24, 2.45) is 0 Å². The molecule has 0 unspecified atom stereocenters. The van der Waals surface area contributed by atoms with Gasteiger partial charge in [-0.3, -0.25) is 4.79 Å². The lowest BCUT2D eigenvalue weighted by atomic mass is 10.0. The second-order valence-electron chi connectivity index (χ2n) is 4.09. The van der Waals surface area contributed by atoms with Gasteiger partial charge in [0.1, 0.15) is 17.3 Å². The average molecular weight is 258 g/mol. The summed E-state index contributed by atoms with van der Waals surface area (Å²) in [5.41, 5.74) is 0.873. The number of aromatic amines is 1. The molecule has 0 aliphatic carbocycles. The summed E-state index contributed by atoms with van der Waals surface area (Å²) in [6.45, 7) is 0. The number of benzene rings is 1. The van der Waals surface area contributed by atoms with Crippen molar-refractivity contribution >= 4 is 16.8 Å². The van der Waals surface area contributed by atoms with Gasteiger partial charge in [0.05, 0.1) is 0 Å². The Morgan fingerprint density at radius 1 is 1.16 bits per heavy atom. The van der Waals surface area contributed by atoms with Crippen molar-refractivity contribution in [1.29, 1.82) is 0 Å². The molecule has 0 bridgehead atoms. The first-order valence-corrected chi connectivity index (χ1v) is 5.58. The number of H-pyrrole nitrogens is 1. The van der Waals surface area contributed by atoms with Crippen LogP contribution in [-0.4, -0.2) is 15.8 Å². The molecule has 0 aliphatic rings. The minimum Gasteiger partial charge on any atom is -0.345 e. The number of halogens is 2. The lowest BCUT2D eigenvalue weighted by molar-refractivity contribution is 0.103. The largest absolute Gasteiger partial charge is 0.345 e. The van der Waals surface area contributed by atoms with Crippen LogP contribution < -0.4 is 0 Å². The van der Waals surface area contributed by atoms with E-state index in [4.69, 9.17) is 0 Å². The standard InChI is InChI=1S/C14H8F2N2O/c15-9-4-8(5-10(16)6-9)13(19)12-7-18-14-11(12)2-1-3-17-14/h1-7H,(H,17,18). The van der Waals surface area contributed by atoms with Gasteiger partial charge in [-0.2, -0.15) is 0 Å². The molecule has 3 rings (SSSR count). The van der Waals surface area contributed by atoms with Crippen LogP contribution in [0.2, 0.25) is 0 Å². The van der Waals surface area contributed by atoms with Gasteiger partial charge in [-0.1, -0.05) is 0 Å². The zero-order chi connectivity index (χ0) is 13.4. The topological polar surface area (TPSA) is 45.8 Å². The van der Waals surface area contributed by atoms with Crippen LogP contribution in [0.1, 0.15) is 15.9 Å². The van der Waals surface area contributed by atoms with Gasteiger partial charge in [-0.05, 0) is 24.3 Å². The van der Waals surface area contributed by atoms with Crippen LogP contribution >= 0.6 is 0 Å². The lowest BCUT2D eigenvalue weighted by Gasteiger charge is -2.00. The third-order valence-electron chi connectivity index (χ3n) is 2.82. The molecule has 0 fully saturated rings. The Morgan fingerprint density at radius 2 is 1.89 bits per heavy atom. The van der Waals surface area contributed by atoms with Crippen molar-refractivity contribution in [3.8, 4) is 0 Å². The number of rotatable bonds is 2. The number of fused-ring (bicyclic) bond motifs is 1. The molecule has 1 aromatic carbocycles. The van der Waals surface area contributed by atoms with Crippen LogP contribution in [-0.2, 0) is 0 Å². The molecule has 19 heavy (non-hydrogen) atoms. The van der Waals surface area contributed by atoms with Crippen LogP contribution in [0.3, 0.4) is 0 Å². The molecular weight excluding hydrogens is 250 g/mol. The van der Waals surface area contributed by atoms with Gasteiger partial charge in [0.2, 0.25) is 0 Å². The molecule has 2 heterocycles.